The fraction of sp³-hybridized carbons (Fsp3) is 0.667. The Morgan fingerprint density at radius 3 is 2.61 bits per heavy atom. The smallest absolute Gasteiger partial charge is 0.242 e. The first-order valence-electron chi connectivity index (χ1n) is 6.31. The topological polar surface area (TPSA) is 63.1 Å². The molecule has 2 rings (SSSR count). The zero-order chi connectivity index (χ0) is 13.3. The summed E-state index contributed by atoms with van der Waals surface area (Å²) in [6.07, 6.45) is 3.63. The van der Waals surface area contributed by atoms with E-state index in [1.165, 1.54) is 0 Å². The van der Waals surface area contributed by atoms with Crippen molar-refractivity contribution < 1.29 is 8.42 Å². The van der Waals surface area contributed by atoms with Gasteiger partial charge in [0, 0.05) is 30.5 Å². The molecule has 1 fully saturated rings. The molecule has 5 nitrogen and oxygen atoms in total. The van der Waals surface area contributed by atoms with Gasteiger partial charge in [0.1, 0.15) is 0 Å². The predicted molar refractivity (Wildman–Crippen MR) is 70.9 cm³/mol. The highest BCUT2D eigenvalue weighted by atomic mass is 32.2. The van der Waals surface area contributed by atoms with Gasteiger partial charge in [0.05, 0.1) is 4.90 Å². The van der Waals surface area contributed by atoms with Gasteiger partial charge in [0.25, 0.3) is 0 Å². The van der Waals surface area contributed by atoms with Gasteiger partial charge in [0.15, 0.2) is 0 Å². The molecule has 0 unspecified atom stereocenters. The van der Waals surface area contributed by atoms with Crippen molar-refractivity contribution in [3.63, 3.8) is 0 Å². The van der Waals surface area contributed by atoms with E-state index in [0.717, 1.165) is 18.5 Å². The van der Waals surface area contributed by atoms with Crippen molar-refractivity contribution >= 4 is 10.0 Å². The molecule has 0 saturated heterocycles. The van der Waals surface area contributed by atoms with Crippen LogP contribution in [0.4, 0.5) is 0 Å². The quantitative estimate of drug-likeness (QED) is 0.818. The Bertz CT molecular complexity index is 515. The van der Waals surface area contributed by atoms with Gasteiger partial charge in [-0.25, -0.2) is 13.1 Å². The minimum absolute atomic E-state index is 0.144. The molecule has 102 valence electrons. The molecule has 1 heterocycles. The second-order valence-corrected chi connectivity index (χ2v) is 6.81. The zero-order valence-corrected chi connectivity index (χ0v) is 11.9. The minimum Gasteiger partial charge on any atom is -0.346 e. The van der Waals surface area contributed by atoms with Crippen molar-refractivity contribution in [3.8, 4) is 0 Å². The highest BCUT2D eigenvalue weighted by molar-refractivity contribution is 7.89. The molecule has 1 saturated carbocycles. The molecule has 0 amide bonds. The first-order chi connectivity index (χ1) is 8.44. The predicted octanol–water partition coefficient (Wildman–Crippen LogP) is 1.23. The number of hydrogen-bond acceptors (Lipinski definition) is 3. The third kappa shape index (κ3) is 2.93. The second kappa shape index (κ2) is 5.03. The molecule has 0 bridgehead atoms. The first-order valence-corrected chi connectivity index (χ1v) is 7.80. The minimum atomic E-state index is -3.35. The lowest BCUT2D eigenvalue weighted by Gasteiger charge is -2.11. The van der Waals surface area contributed by atoms with E-state index in [4.69, 9.17) is 0 Å². The van der Waals surface area contributed by atoms with E-state index in [-0.39, 0.29) is 12.1 Å². The van der Waals surface area contributed by atoms with E-state index in [1.54, 1.807) is 12.3 Å². The van der Waals surface area contributed by atoms with Crippen LogP contribution in [0.5, 0.6) is 0 Å². The molecule has 18 heavy (non-hydrogen) atoms. The van der Waals surface area contributed by atoms with Crippen LogP contribution in [0, 0.1) is 0 Å². The summed E-state index contributed by atoms with van der Waals surface area (Å²) in [6.45, 7) is 4.75. The Labute approximate surface area is 109 Å². The van der Waals surface area contributed by atoms with Crippen LogP contribution in [-0.4, -0.2) is 26.1 Å². The highest BCUT2D eigenvalue weighted by Crippen LogP contribution is 2.24. The maximum absolute atomic E-state index is 12.1. The molecule has 6 heteroatoms. The SMILES string of the molecule is CNCc1cc(S(=O)(=O)NC2CC2)cn1C(C)C. The van der Waals surface area contributed by atoms with Gasteiger partial charge >= 0.3 is 0 Å². The molecular weight excluding hydrogens is 250 g/mol. The van der Waals surface area contributed by atoms with E-state index in [9.17, 15) is 8.42 Å². The van der Waals surface area contributed by atoms with Gasteiger partial charge in [-0.2, -0.15) is 0 Å². The van der Waals surface area contributed by atoms with E-state index in [1.807, 2.05) is 25.5 Å². The van der Waals surface area contributed by atoms with Crippen LogP contribution in [0.25, 0.3) is 0 Å². The van der Waals surface area contributed by atoms with Crippen molar-refractivity contribution in [1.82, 2.24) is 14.6 Å². The largest absolute Gasteiger partial charge is 0.346 e. The highest BCUT2D eigenvalue weighted by Gasteiger charge is 2.29. The molecule has 1 aliphatic carbocycles. The standard InChI is InChI=1S/C12H21N3O2S/c1-9(2)15-8-12(6-11(15)7-13-3)18(16,17)14-10-4-5-10/h6,8-10,13-14H,4-5,7H2,1-3H3. The molecule has 0 aliphatic heterocycles. The average Bonchev–Trinajstić information content (AvgIpc) is 2.95. The molecule has 2 N–H and O–H groups in total. The van der Waals surface area contributed by atoms with Gasteiger partial charge < -0.3 is 9.88 Å². The van der Waals surface area contributed by atoms with E-state index < -0.39 is 10.0 Å². The van der Waals surface area contributed by atoms with Crippen LogP contribution in [0.1, 0.15) is 38.4 Å². The third-order valence-electron chi connectivity index (χ3n) is 3.03. The van der Waals surface area contributed by atoms with Crippen molar-refractivity contribution in [2.45, 2.75) is 50.2 Å². The molecule has 0 aromatic carbocycles. The van der Waals surface area contributed by atoms with Crippen LogP contribution < -0.4 is 10.0 Å². The Morgan fingerprint density at radius 1 is 1.44 bits per heavy atom. The average molecular weight is 271 g/mol. The Hall–Kier alpha value is -0.850. The molecule has 1 aliphatic rings. The molecule has 1 aromatic rings. The third-order valence-corrected chi connectivity index (χ3v) is 4.52. The fourth-order valence-corrected chi connectivity index (χ4v) is 3.29. The molecular formula is C12H21N3O2S. The summed E-state index contributed by atoms with van der Waals surface area (Å²) in [7, 11) is -1.49. The van der Waals surface area contributed by atoms with E-state index in [2.05, 4.69) is 10.0 Å². The van der Waals surface area contributed by atoms with Gasteiger partial charge in [-0.05, 0) is 39.8 Å². The number of aromatic nitrogens is 1. The van der Waals surface area contributed by atoms with Gasteiger partial charge in [0.2, 0.25) is 10.0 Å². The van der Waals surface area contributed by atoms with Crippen molar-refractivity contribution in [2.75, 3.05) is 7.05 Å². The maximum atomic E-state index is 12.1. The lowest BCUT2D eigenvalue weighted by molar-refractivity contribution is 0.561. The number of rotatable bonds is 6. The van der Waals surface area contributed by atoms with Crippen LogP contribution in [0.2, 0.25) is 0 Å². The van der Waals surface area contributed by atoms with Gasteiger partial charge in [-0.3, -0.25) is 0 Å². The van der Waals surface area contributed by atoms with E-state index in [0.29, 0.717) is 11.4 Å². The Kier molecular flexibility index (Phi) is 3.79. The van der Waals surface area contributed by atoms with Gasteiger partial charge in [-0.1, -0.05) is 0 Å². The lowest BCUT2D eigenvalue weighted by atomic mass is 10.3. The summed E-state index contributed by atoms with van der Waals surface area (Å²) in [5, 5.41) is 3.06. The van der Waals surface area contributed by atoms with Crippen LogP contribution in [0.3, 0.4) is 0 Å². The summed E-state index contributed by atoms with van der Waals surface area (Å²) in [5.41, 5.74) is 0.990. The van der Waals surface area contributed by atoms with Crippen LogP contribution >= 0.6 is 0 Å². The van der Waals surface area contributed by atoms with Crippen molar-refractivity contribution in [3.05, 3.63) is 18.0 Å². The second-order valence-electron chi connectivity index (χ2n) is 5.09. The normalized spacial score (nSPS) is 16.4. The number of hydrogen-bond donors (Lipinski definition) is 2. The molecule has 1 aromatic heterocycles. The molecule has 0 atom stereocenters. The summed E-state index contributed by atoms with van der Waals surface area (Å²) < 4.78 is 29.0. The van der Waals surface area contributed by atoms with Crippen LogP contribution in [0.15, 0.2) is 17.2 Å². The Balaban J connectivity index is 2.30. The fourth-order valence-electron chi connectivity index (χ4n) is 1.94. The number of nitrogens with zero attached hydrogens (tertiary/aromatic N) is 1. The molecule has 0 radical (unpaired) electrons. The van der Waals surface area contributed by atoms with E-state index >= 15 is 0 Å². The molecule has 0 spiro atoms. The first kappa shape index (κ1) is 13.6. The summed E-state index contributed by atoms with van der Waals surface area (Å²) in [5.74, 6) is 0. The summed E-state index contributed by atoms with van der Waals surface area (Å²) in [4.78, 5) is 0.369. The summed E-state index contributed by atoms with van der Waals surface area (Å²) >= 11 is 0. The van der Waals surface area contributed by atoms with Crippen LogP contribution in [-0.2, 0) is 16.6 Å². The van der Waals surface area contributed by atoms with Crippen molar-refractivity contribution in [1.29, 1.82) is 0 Å². The number of sulfonamides is 1. The maximum Gasteiger partial charge on any atom is 0.242 e. The monoisotopic (exact) mass is 271 g/mol. The number of nitrogens with one attached hydrogen (secondary N) is 2. The van der Waals surface area contributed by atoms with Gasteiger partial charge in [-0.15, -0.1) is 0 Å². The zero-order valence-electron chi connectivity index (χ0n) is 11.1. The lowest BCUT2D eigenvalue weighted by Crippen LogP contribution is -2.25. The summed E-state index contributed by atoms with van der Waals surface area (Å²) in [6, 6.07) is 2.14. The van der Waals surface area contributed by atoms with Crippen molar-refractivity contribution in [2.24, 2.45) is 0 Å². The Morgan fingerprint density at radius 2 is 2.11 bits per heavy atom.